The van der Waals surface area contributed by atoms with Crippen LogP contribution >= 0.6 is 0 Å². The lowest BCUT2D eigenvalue weighted by atomic mass is 9.95. The molecule has 6 nitrogen and oxygen atoms in total. The summed E-state index contributed by atoms with van der Waals surface area (Å²) >= 11 is 0. The van der Waals surface area contributed by atoms with Crippen molar-refractivity contribution in [2.24, 2.45) is 5.92 Å². The number of benzene rings is 2. The summed E-state index contributed by atoms with van der Waals surface area (Å²) < 4.78 is 19.3. The van der Waals surface area contributed by atoms with Gasteiger partial charge >= 0.3 is 5.97 Å². The molecule has 1 aliphatic rings. The van der Waals surface area contributed by atoms with Crippen molar-refractivity contribution in [3.8, 4) is 11.1 Å². The van der Waals surface area contributed by atoms with Gasteiger partial charge in [0.2, 0.25) is 0 Å². The standard InChI is InChI=1S/C26H26FN3O3/c1-28-14-21-8-7-20(26(32)30-24-9-10-29-15-23(24)27)13-22(21)19-4-2-3-18(11-19)12-25(31)33-16-17-5-6-17/h2-4,7-11,13,15,17,28H,5-6,12,14,16H2,1H3,(H,29,30,32). The van der Waals surface area contributed by atoms with Crippen LogP contribution in [0.2, 0.25) is 0 Å². The van der Waals surface area contributed by atoms with E-state index in [2.05, 4.69) is 15.6 Å². The lowest BCUT2D eigenvalue weighted by molar-refractivity contribution is -0.143. The van der Waals surface area contributed by atoms with Crippen LogP contribution in [0, 0.1) is 11.7 Å². The first kappa shape index (κ1) is 22.6. The number of esters is 1. The second kappa shape index (κ2) is 10.4. The fourth-order valence-electron chi connectivity index (χ4n) is 3.56. The number of anilines is 1. The van der Waals surface area contributed by atoms with Gasteiger partial charge in [-0.15, -0.1) is 0 Å². The summed E-state index contributed by atoms with van der Waals surface area (Å²) in [5.74, 6) is -0.725. The molecule has 1 saturated carbocycles. The number of pyridine rings is 1. The Hall–Kier alpha value is -3.58. The molecule has 1 heterocycles. The van der Waals surface area contributed by atoms with Crippen LogP contribution < -0.4 is 10.6 Å². The average Bonchev–Trinajstić information content (AvgIpc) is 3.64. The van der Waals surface area contributed by atoms with Crippen LogP contribution in [0.15, 0.2) is 60.9 Å². The third kappa shape index (κ3) is 6.02. The Labute approximate surface area is 192 Å². The molecule has 1 aliphatic carbocycles. The maximum Gasteiger partial charge on any atom is 0.310 e. The Kier molecular flexibility index (Phi) is 7.10. The van der Waals surface area contributed by atoms with Crippen molar-refractivity contribution in [2.45, 2.75) is 25.8 Å². The highest BCUT2D eigenvalue weighted by Crippen LogP contribution is 2.29. The SMILES string of the molecule is CNCc1ccc(C(=O)Nc2ccncc2F)cc1-c1cccc(CC(=O)OCC2CC2)c1. The molecule has 4 rings (SSSR count). The summed E-state index contributed by atoms with van der Waals surface area (Å²) in [4.78, 5) is 28.7. The molecular weight excluding hydrogens is 421 g/mol. The van der Waals surface area contributed by atoms with Crippen molar-refractivity contribution in [1.29, 1.82) is 0 Å². The zero-order chi connectivity index (χ0) is 23.2. The Morgan fingerprint density at radius 2 is 2.00 bits per heavy atom. The number of rotatable bonds is 9. The molecule has 1 aromatic heterocycles. The maximum absolute atomic E-state index is 13.9. The Morgan fingerprint density at radius 3 is 2.76 bits per heavy atom. The smallest absolute Gasteiger partial charge is 0.310 e. The third-order valence-corrected chi connectivity index (χ3v) is 5.52. The van der Waals surface area contributed by atoms with Crippen molar-refractivity contribution in [3.05, 3.63) is 83.4 Å². The molecule has 0 bridgehead atoms. The topological polar surface area (TPSA) is 80.3 Å². The van der Waals surface area contributed by atoms with Crippen molar-refractivity contribution in [3.63, 3.8) is 0 Å². The van der Waals surface area contributed by atoms with Gasteiger partial charge in [0.25, 0.3) is 5.91 Å². The zero-order valence-corrected chi connectivity index (χ0v) is 18.4. The summed E-state index contributed by atoms with van der Waals surface area (Å²) in [7, 11) is 1.85. The predicted molar refractivity (Wildman–Crippen MR) is 124 cm³/mol. The van der Waals surface area contributed by atoms with E-state index in [0.717, 1.165) is 41.3 Å². The number of carbonyl (C=O) groups is 2. The first-order valence-corrected chi connectivity index (χ1v) is 11.0. The van der Waals surface area contributed by atoms with Crippen LogP contribution in [-0.4, -0.2) is 30.5 Å². The number of carbonyl (C=O) groups excluding carboxylic acids is 2. The normalized spacial score (nSPS) is 12.9. The first-order valence-electron chi connectivity index (χ1n) is 11.0. The first-order chi connectivity index (χ1) is 16.0. The largest absolute Gasteiger partial charge is 0.465 e. The van der Waals surface area contributed by atoms with Crippen LogP contribution in [-0.2, 0) is 22.5 Å². The van der Waals surface area contributed by atoms with Gasteiger partial charge in [-0.3, -0.25) is 14.6 Å². The Bertz CT molecular complexity index is 1160. The number of hydrogen-bond acceptors (Lipinski definition) is 5. The van der Waals surface area contributed by atoms with Crippen LogP contribution in [0.5, 0.6) is 0 Å². The van der Waals surface area contributed by atoms with Gasteiger partial charge in [-0.25, -0.2) is 4.39 Å². The number of ether oxygens (including phenoxy) is 1. The summed E-state index contributed by atoms with van der Waals surface area (Å²) in [6.45, 7) is 1.10. The van der Waals surface area contributed by atoms with E-state index in [0.29, 0.717) is 24.6 Å². The molecule has 33 heavy (non-hydrogen) atoms. The molecule has 2 N–H and O–H groups in total. The number of nitrogens with zero attached hydrogens (tertiary/aromatic N) is 1. The van der Waals surface area contributed by atoms with Gasteiger partial charge in [-0.2, -0.15) is 0 Å². The number of amides is 1. The lowest BCUT2D eigenvalue weighted by Gasteiger charge is -2.14. The van der Waals surface area contributed by atoms with Gasteiger partial charge in [-0.05, 0) is 66.3 Å². The predicted octanol–water partition coefficient (Wildman–Crippen LogP) is 4.36. The van der Waals surface area contributed by atoms with Gasteiger partial charge in [-0.1, -0.05) is 30.3 Å². The highest BCUT2D eigenvalue weighted by atomic mass is 19.1. The van der Waals surface area contributed by atoms with Gasteiger partial charge < -0.3 is 15.4 Å². The van der Waals surface area contributed by atoms with Crippen LogP contribution in [0.3, 0.4) is 0 Å². The van der Waals surface area contributed by atoms with Crippen molar-refractivity contribution in [1.82, 2.24) is 10.3 Å². The van der Waals surface area contributed by atoms with E-state index in [9.17, 15) is 14.0 Å². The molecule has 0 atom stereocenters. The second-order valence-electron chi connectivity index (χ2n) is 8.22. The number of nitrogens with one attached hydrogen (secondary N) is 2. The molecule has 0 unspecified atom stereocenters. The van der Waals surface area contributed by atoms with E-state index >= 15 is 0 Å². The highest BCUT2D eigenvalue weighted by molar-refractivity contribution is 6.05. The highest BCUT2D eigenvalue weighted by Gasteiger charge is 2.23. The minimum Gasteiger partial charge on any atom is -0.465 e. The van der Waals surface area contributed by atoms with Gasteiger partial charge in [0.05, 0.1) is 24.9 Å². The fraction of sp³-hybridized carbons (Fsp3) is 0.269. The summed E-state index contributed by atoms with van der Waals surface area (Å²) in [6.07, 6.45) is 4.94. The van der Waals surface area contributed by atoms with Crippen molar-refractivity contribution in [2.75, 3.05) is 19.0 Å². The minimum atomic E-state index is -0.598. The number of aromatic nitrogens is 1. The third-order valence-electron chi connectivity index (χ3n) is 5.52. The number of halogens is 1. The fourth-order valence-corrected chi connectivity index (χ4v) is 3.56. The quantitative estimate of drug-likeness (QED) is 0.477. The van der Waals surface area contributed by atoms with Gasteiger partial charge in [0.15, 0.2) is 5.82 Å². The Balaban J connectivity index is 1.57. The molecule has 0 radical (unpaired) electrons. The van der Waals surface area contributed by atoms with E-state index in [4.69, 9.17) is 4.74 Å². The van der Waals surface area contributed by atoms with Gasteiger partial charge in [0.1, 0.15) is 0 Å². The maximum atomic E-state index is 13.9. The molecule has 0 spiro atoms. The van der Waals surface area contributed by atoms with E-state index in [1.54, 1.807) is 12.1 Å². The summed E-state index contributed by atoms with van der Waals surface area (Å²) in [5, 5.41) is 5.73. The second-order valence-corrected chi connectivity index (χ2v) is 8.22. The van der Waals surface area contributed by atoms with E-state index in [1.165, 1.54) is 12.3 Å². The van der Waals surface area contributed by atoms with Crippen LogP contribution in [0.4, 0.5) is 10.1 Å². The van der Waals surface area contributed by atoms with Crippen molar-refractivity contribution >= 4 is 17.6 Å². The molecule has 2 aromatic carbocycles. The van der Waals surface area contributed by atoms with E-state index in [1.807, 2.05) is 37.4 Å². The monoisotopic (exact) mass is 447 g/mol. The molecule has 0 saturated heterocycles. The Morgan fingerprint density at radius 1 is 1.15 bits per heavy atom. The molecule has 0 aliphatic heterocycles. The lowest BCUT2D eigenvalue weighted by Crippen LogP contribution is -2.14. The molecular formula is C26H26FN3O3. The molecule has 1 fully saturated rings. The molecule has 170 valence electrons. The van der Waals surface area contributed by atoms with E-state index < -0.39 is 11.7 Å². The summed E-state index contributed by atoms with van der Waals surface area (Å²) in [6, 6.07) is 14.4. The molecule has 7 heteroatoms. The molecule has 3 aromatic rings. The number of hydrogen-bond donors (Lipinski definition) is 2. The van der Waals surface area contributed by atoms with Crippen LogP contribution in [0.25, 0.3) is 11.1 Å². The van der Waals surface area contributed by atoms with Gasteiger partial charge in [0, 0.05) is 18.3 Å². The minimum absolute atomic E-state index is 0.0718. The van der Waals surface area contributed by atoms with Crippen LogP contribution in [0.1, 0.15) is 34.3 Å². The van der Waals surface area contributed by atoms with Crippen molar-refractivity contribution < 1.29 is 18.7 Å². The van der Waals surface area contributed by atoms with E-state index in [-0.39, 0.29) is 18.1 Å². The molecule has 1 amide bonds. The summed E-state index contributed by atoms with van der Waals surface area (Å²) in [5.41, 5.74) is 4.06. The zero-order valence-electron chi connectivity index (χ0n) is 18.4. The average molecular weight is 448 g/mol.